The van der Waals surface area contributed by atoms with Crippen LogP contribution in [0.15, 0.2) is 53.5 Å². The molecule has 2 aliphatic heterocycles. The zero-order valence-corrected chi connectivity index (χ0v) is 19.9. The zero-order valence-electron chi connectivity index (χ0n) is 19.1. The van der Waals surface area contributed by atoms with Gasteiger partial charge in [-0.1, -0.05) is 12.1 Å². The Bertz CT molecular complexity index is 1390. The SMILES string of the molecule is CS(=O)(=O)Nc1cccc2c1ccn2CC(=O)NCCN1C[C@H]2C[C@@H](C1)c1cccc(=O)n1C2. The van der Waals surface area contributed by atoms with Gasteiger partial charge in [0.1, 0.15) is 6.54 Å². The highest BCUT2D eigenvalue weighted by Gasteiger charge is 2.34. The number of benzene rings is 1. The van der Waals surface area contributed by atoms with Crippen LogP contribution in [0.3, 0.4) is 0 Å². The molecule has 4 heterocycles. The summed E-state index contributed by atoms with van der Waals surface area (Å²) in [7, 11) is -3.39. The summed E-state index contributed by atoms with van der Waals surface area (Å²) >= 11 is 0. The molecule has 0 unspecified atom stereocenters. The van der Waals surface area contributed by atoms with E-state index in [2.05, 4.69) is 21.0 Å². The Labute approximate surface area is 198 Å². The number of likely N-dealkylation sites (tertiary alicyclic amines) is 1. The van der Waals surface area contributed by atoms with Crippen LogP contribution in [-0.2, 0) is 27.9 Å². The van der Waals surface area contributed by atoms with Gasteiger partial charge in [0.15, 0.2) is 0 Å². The van der Waals surface area contributed by atoms with E-state index in [4.69, 9.17) is 0 Å². The molecular formula is C24H29N5O4S. The number of carbonyl (C=O) groups excluding carboxylic acids is 1. The average Bonchev–Trinajstić information content (AvgIpc) is 3.17. The summed E-state index contributed by atoms with van der Waals surface area (Å²) in [5, 5.41) is 3.76. The number of nitrogens with zero attached hydrogens (tertiary/aromatic N) is 3. The first-order valence-electron chi connectivity index (χ1n) is 11.5. The van der Waals surface area contributed by atoms with Crippen molar-refractivity contribution in [3.05, 3.63) is 64.7 Å². The van der Waals surface area contributed by atoms with Crippen molar-refractivity contribution in [3.63, 3.8) is 0 Å². The summed E-state index contributed by atoms with van der Waals surface area (Å²) in [5.74, 6) is 0.731. The van der Waals surface area contributed by atoms with Gasteiger partial charge in [0, 0.05) is 62.0 Å². The topological polar surface area (TPSA) is 105 Å². The Morgan fingerprint density at radius 1 is 1.09 bits per heavy atom. The van der Waals surface area contributed by atoms with Crippen LogP contribution < -0.4 is 15.6 Å². The smallest absolute Gasteiger partial charge is 0.250 e. The van der Waals surface area contributed by atoms with Crippen LogP contribution >= 0.6 is 0 Å². The molecule has 2 aliphatic rings. The normalized spacial score (nSPS) is 20.1. The van der Waals surface area contributed by atoms with Gasteiger partial charge in [-0.15, -0.1) is 0 Å². The number of fused-ring (bicyclic) bond motifs is 5. The number of aromatic nitrogens is 2. The molecule has 2 atom stereocenters. The molecule has 10 heteroatoms. The highest BCUT2D eigenvalue weighted by Crippen LogP contribution is 2.34. The number of anilines is 1. The maximum Gasteiger partial charge on any atom is 0.250 e. The Morgan fingerprint density at radius 2 is 1.91 bits per heavy atom. The molecule has 0 aliphatic carbocycles. The van der Waals surface area contributed by atoms with Crippen molar-refractivity contribution >= 4 is 32.5 Å². The summed E-state index contributed by atoms with van der Waals surface area (Å²) in [6, 6.07) is 12.7. The number of pyridine rings is 1. The van der Waals surface area contributed by atoms with Gasteiger partial charge in [-0.05, 0) is 36.6 Å². The van der Waals surface area contributed by atoms with Crippen LogP contribution in [0.25, 0.3) is 10.9 Å². The van der Waals surface area contributed by atoms with Gasteiger partial charge < -0.3 is 19.4 Å². The summed E-state index contributed by atoms with van der Waals surface area (Å²) < 4.78 is 29.5. The fraction of sp³-hybridized carbons (Fsp3) is 0.417. The molecular weight excluding hydrogens is 454 g/mol. The molecule has 180 valence electrons. The fourth-order valence-electron chi connectivity index (χ4n) is 5.39. The van der Waals surface area contributed by atoms with E-state index in [1.54, 1.807) is 24.4 Å². The number of carbonyl (C=O) groups is 1. The molecule has 0 saturated carbocycles. The molecule has 2 bridgehead atoms. The molecule has 1 amide bonds. The third-order valence-corrected chi connectivity index (χ3v) is 7.32. The standard InChI is InChI=1S/C24H29N5O4S/c1-34(32,33)26-20-4-2-6-22-19(20)8-10-28(22)16-23(30)25-9-11-27-13-17-12-18(15-27)21-5-3-7-24(31)29(21)14-17/h2-8,10,17-18,26H,9,11-16H2,1H3,(H,25,30)/t17-,18+/m1/s1. The highest BCUT2D eigenvalue weighted by atomic mass is 32.2. The monoisotopic (exact) mass is 483 g/mol. The van der Waals surface area contributed by atoms with Crippen LogP contribution in [0, 0.1) is 5.92 Å². The van der Waals surface area contributed by atoms with E-state index >= 15 is 0 Å². The molecule has 2 aromatic heterocycles. The van der Waals surface area contributed by atoms with E-state index in [0.29, 0.717) is 24.1 Å². The van der Waals surface area contributed by atoms with E-state index in [9.17, 15) is 18.0 Å². The highest BCUT2D eigenvalue weighted by molar-refractivity contribution is 7.92. The van der Waals surface area contributed by atoms with E-state index in [1.807, 2.05) is 27.3 Å². The number of hydrogen-bond acceptors (Lipinski definition) is 5. The van der Waals surface area contributed by atoms with E-state index in [1.165, 1.54) is 0 Å². The second-order valence-corrected chi connectivity index (χ2v) is 11.1. The molecule has 9 nitrogen and oxygen atoms in total. The maximum atomic E-state index is 12.6. The maximum absolute atomic E-state index is 12.6. The van der Waals surface area contributed by atoms with Crippen LogP contribution in [0.4, 0.5) is 5.69 Å². The summed E-state index contributed by atoms with van der Waals surface area (Å²) in [6.07, 6.45) is 4.02. The van der Waals surface area contributed by atoms with Crippen molar-refractivity contribution in [3.8, 4) is 0 Å². The van der Waals surface area contributed by atoms with Gasteiger partial charge in [0.2, 0.25) is 15.9 Å². The minimum Gasteiger partial charge on any atom is -0.353 e. The van der Waals surface area contributed by atoms with Crippen LogP contribution in [0.1, 0.15) is 18.0 Å². The molecule has 2 N–H and O–H groups in total. The van der Waals surface area contributed by atoms with Gasteiger partial charge in [-0.3, -0.25) is 14.3 Å². The lowest BCUT2D eigenvalue weighted by molar-refractivity contribution is -0.121. The fourth-order valence-corrected chi connectivity index (χ4v) is 5.97. The van der Waals surface area contributed by atoms with E-state index in [0.717, 1.165) is 55.5 Å². The summed E-state index contributed by atoms with van der Waals surface area (Å²) in [6.45, 7) is 4.09. The van der Waals surface area contributed by atoms with Crippen LogP contribution in [0.5, 0.6) is 0 Å². The Hall–Kier alpha value is -3.11. The van der Waals surface area contributed by atoms with Crippen LogP contribution in [-0.4, -0.2) is 60.8 Å². The molecule has 3 aromatic rings. The first kappa shape index (κ1) is 22.7. The molecule has 1 fully saturated rings. The minimum atomic E-state index is -3.39. The minimum absolute atomic E-state index is 0.0877. The number of amides is 1. The van der Waals surface area contributed by atoms with Gasteiger partial charge in [0.05, 0.1) is 17.5 Å². The van der Waals surface area contributed by atoms with Crippen molar-refractivity contribution in [2.24, 2.45) is 5.92 Å². The second kappa shape index (κ2) is 8.92. The number of sulfonamides is 1. The summed E-state index contributed by atoms with van der Waals surface area (Å²) in [4.78, 5) is 27.2. The van der Waals surface area contributed by atoms with Crippen molar-refractivity contribution in [1.29, 1.82) is 0 Å². The molecule has 1 aromatic carbocycles. The van der Waals surface area contributed by atoms with Gasteiger partial charge >= 0.3 is 0 Å². The lowest BCUT2D eigenvalue weighted by Gasteiger charge is -2.42. The summed E-state index contributed by atoms with van der Waals surface area (Å²) in [5.41, 5.74) is 2.51. The van der Waals surface area contributed by atoms with E-state index < -0.39 is 10.0 Å². The predicted molar refractivity (Wildman–Crippen MR) is 131 cm³/mol. The lowest BCUT2D eigenvalue weighted by Crippen LogP contribution is -2.48. The predicted octanol–water partition coefficient (Wildman–Crippen LogP) is 1.41. The Balaban J connectivity index is 1.17. The second-order valence-electron chi connectivity index (χ2n) is 9.36. The first-order valence-corrected chi connectivity index (χ1v) is 13.4. The third-order valence-electron chi connectivity index (χ3n) is 6.73. The number of rotatable bonds is 7. The van der Waals surface area contributed by atoms with Gasteiger partial charge in [-0.25, -0.2) is 8.42 Å². The zero-order chi connectivity index (χ0) is 23.9. The van der Waals surface area contributed by atoms with Gasteiger partial charge in [-0.2, -0.15) is 0 Å². The molecule has 1 saturated heterocycles. The molecule has 0 spiro atoms. The average molecular weight is 484 g/mol. The number of hydrogen-bond donors (Lipinski definition) is 2. The quantitative estimate of drug-likeness (QED) is 0.529. The van der Waals surface area contributed by atoms with Crippen molar-refractivity contribution in [1.82, 2.24) is 19.4 Å². The molecule has 5 rings (SSSR count). The molecule has 0 radical (unpaired) electrons. The van der Waals surface area contributed by atoms with Gasteiger partial charge in [0.25, 0.3) is 5.56 Å². The van der Waals surface area contributed by atoms with Crippen LogP contribution in [0.2, 0.25) is 0 Å². The first-order chi connectivity index (χ1) is 16.3. The largest absolute Gasteiger partial charge is 0.353 e. The molecule has 34 heavy (non-hydrogen) atoms. The van der Waals surface area contributed by atoms with Crippen molar-refractivity contribution in [2.75, 3.05) is 37.2 Å². The Kier molecular flexibility index (Phi) is 5.95. The Morgan fingerprint density at radius 3 is 2.74 bits per heavy atom. The van der Waals surface area contributed by atoms with E-state index in [-0.39, 0.29) is 18.0 Å². The van der Waals surface area contributed by atoms with Crippen molar-refractivity contribution < 1.29 is 13.2 Å². The number of nitrogens with one attached hydrogen (secondary N) is 2. The lowest BCUT2D eigenvalue weighted by atomic mass is 9.83. The van der Waals surface area contributed by atoms with Crippen molar-refractivity contribution in [2.45, 2.75) is 25.4 Å². The number of piperidine rings is 1. The third kappa shape index (κ3) is 4.74.